The van der Waals surface area contributed by atoms with Crippen molar-refractivity contribution in [3.63, 3.8) is 0 Å². The number of nitrogens with zero attached hydrogens (tertiary/aromatic N) is 1. The highest BCUT2D eigenvalue weighted by Crippen LogP contribution is 2.15. The van der Waals surface area contributed by atoms with Crippen molar-refractivity contribution in [3.05, 3.63) is 0 Å². The number of hydrogen-bond acceptors (Lipinski definition) is 3. The van der Waals surface area contributed by atoms with E-state index < -0.39 is 10.2 Å². The summed E-state index contributed by atoms with van der Waals surface area (Å²) in [6.45, 7) is 0.532. The van der Waals surface area contributed by atoms with Crippen LogP contribution in [-0.4, -0.2) is 32.5 Å². The Morgan fingerprint density at radius 1 is 1.70 bits per heavy atom. The highest BCUT2D eigenvalue weighted by molar-refractivity contribution is 7.86. The third kappa shape index (κ3) is 1.29. The Balaban J connectivity index is 2.60. The highest BCUT2D eigenvalue weighted by Gasteiger charge is 2.33. The minimum absolute atomic E-state index is 0.0880. The van der Waals surface area contributed by atoms with Crippen molar-refractivity contribution in [2.24, 2.45) is 5.14 Å². The van der Waals surface area contributed by atoms with Gasteiger partial charge in [0.15, 0.2) is 0 Å². The molecule has 3 N–H and O–H groups in total. The molecule has 0 bridgehead atoms. The molecule has 0 aliphatic carbocycles. The van der Waals surface area contributed by atoms with E-state index in [2.05, 4.69) is 5.32 Å². The molecule has 1 saturated heterocycles. The van der Waals surface area contributed by atoms with Crippen molar-refractivity contribution in [3.8, 4) is 0 Å². The first kappa shape index (κ1) is 7.93. The van der Waals surface area contributed by atoms with Crippen molar-refractivity contribution >= 4 is 10.2 Å². The molecule has 5 nitrogen and oxygen atoms in total. The van der Waals surface area contributed by atoms with Gasteiger partial charge in [0.2, 0.25) is 0 Å². The Hall–Kier alpha value is -0.170. The summed E-state index contributed by atoms with van der Waals surface area (Å²) in [5.41, 5.74) is 0. The van der Waals surface area contributed by atoms with E-state index in [9.17, 15) is 8.42 Å². The van der Waals surface area contributed by atoms with Gasteiger partial charge in [-0.3, -0.25) is 0 Å². The maximum absolute atomic E-state index is 10.6. The van der Waals surface area contributed by atoms with Crippen molar-refractivity contribution in [2.75, 3.05) is 13.6 Å². The summed E-state index contributed by atoms with van der Waals surface area (Å²) in [5.74, 6) is 0. The lowest BCUT2D eigenvalue weighted by atomic mass is 10.2. The zero-order valence-electron chi connectivity index (χ0n) is 5.74. The van der Waals surface area contributed by atoms with Crippen LogP contribution in [-0.2, 0) is 10.2 Å². The van der Waals surface area contributed by atoms with Crippen LogP contribution in [0.15, 0.2) is 0 Å². The Morgan fingerprint density at radius 3 is 2.40 bits per heavy atom. The van der Waals surface area contributed by atoms with Gasteiger partial charge in [0.1, 0.15) is 0 Å². The zero-order valence-corrected chi connectivity index (χ0v) is 6.56. The summed E-state index contributed by atoms with van der Waals surface area (Å²) < 4.78 is 22.5. The fourth-order valence-electron chi connectivity index (χ4n) is 0.957. The van der Waals surface area contributed by atoms with E-state index in [1.165, 1.54) is 4.31 Å². The molecule has 0 aromatic rings. The Labute approximate surface area is 60.4 Å². The van der Waals surface area contributed by atoms with Crippen LogP contribution in [0.25, 0.3) is 0 Å². The zero-order chi connectivity index (χ0) is 7.78. The lowest BCUT2D eigenvalue weighted by Gasteiger charge is -2.37. The van der Waals surface area contributed by atoms with Gasteiger partial charge in [-0.2, -0.15) is 12.7 Å². The van der Waals surface area contributed by atoms with Gasteiger partial charge in [-0.15, -0.1) is 0 Å². The second-order valence-corrected chi connectivity index (χ2v) is 3.75. The summed E-state index contributed by atoms with van der Waals surface area (Å²) >= 11 is 0. The molecule has 1 unspecified atom stereocenters. The van der Waals surface area contributed by atoms with E-state index in [0.717, 1.165) is 6.42 Å². The van der Waals surface area contributed by atoms with E-state index in [0.29, 0.717) is 6.54 Å². The molecule has 0 radical (unpaired) electrons. The molecule has 1 aliphatic rings. The third-order valence-electron chi connectivity index (χ3n) is 1.63. The molecule has 1 atom stereocenters. The van der Waals surface area contributed by atoms with Gasteiger partial charge in [-0.05, 0) is 13.5 Å². The van der Waals surface area contributed by atoms with Crippen LogP contribution in [0.5, 0.6) is 0 Å². The van der Waals surface area contributed by atoms with Crippen LogP contribution in [0.1, 0.15) is 6.42 Å². The predicted molar refractivity (Wildman–Crippen MR) is 37.3 cm³/mol. The number of nitrogens with one attached hydrogen (secondary N) is 1. The number of nitrogens with two attached hydrogens (primary N) is 1. The third-order valence-corrected chi connectivity index (χ3v) is 2.72. The maximum Gasteiger partial charge on any atom is 0.278 e. The molecule has 1 fully saturated rings. The minimum Gasteiger partial charge on any atom is -0.304 e. The molecule has 0 saturated carbocycles. The number of hydrogen-bond donors (Lipinski definition) is 2. The summed E-state index contributed by atoms with van der Waals surface area (Å²) in [7, 11) is -1.75. The molecular weight excluding hydrogens is 154 g/mol. The van der Waals surface area contributed by atoms with Crippen LogP contribution in [0.2, 0.25) is 0 Å². The van der Waals surface area contributed by atoms with Crippen molar-refractivity contribution < 1.29 is 8.42 Å². The number of rotatable bonds is 2. The van der Waals surface area contributed by atoms with E-state index >= 15 is 0 Å². The predicted octanol–water partition coefficient (Wildman–Crippen LogP) is -1.56. The average molecular weight is 165 g/mol. The van der Waals surface area contributed by atoms with E-state index in [4.69, 9.17) is 5.14 Å². The standard InChI is InChI=1S/C4H11N3O2S/c1-6-4-2-3-7(4)10(5,8)9/h4,6H,2-3H2,1H3,(H2,5,8,9). The van der Waals surface area contributed by atoms with Crippen LogP contribution >= 0.6 is 0 Å². The van der Waals surface area contributed by atoms with Crippen LogP contribution in [0, 0.1) is 0 Å². The molecule has 6 heteroatoms. The second-order valence-electron chi connectivity index (χ2n) is 2.25. The molecule has 1 aliphatic heterocycles. The normalized spacial score (nSPS) is 28.0. The van der Waals surface area contributed by atoms with Gasteiger partial charge in [-0.1, -0.05) is 0 Å². The molecular formula is C4H11N3O2S. The van der Waals surface area contributed by atoms with E-state index in [-0.39, 0.29) is 6.17 Å². The molecule has 1 rings (SSSR count). The maximum atomic E-state index is 10.6. The van der Waals surface area contributed by atoms with Gasteiger partial charge in [0.05, 0.1) is 6.17 Å². The quantitative estimate of drug-likeness (QED) is 0.519. The summed E-state index contributed by atoms with van der Waals surface area (Å²) in [6.07, 6.45) is 0.752. The molecule has 1 heterocycles. The second kappa shape index (κ2) is 2.46. The minimum atomic E-state index is -3.46. The van der Waals surface area contributed by atoms with E-state index in [1.807, 2.05) is 0 Å². The van der Waals surface area contributed by atoms with Gasteiger partial charge < -0.3 is 5.32 Å². The van der Waals surface area contributed by atoms with Crippen molar-refractivity contribution in [1.29, 1.82) is 0 Å². The van der Waals surface area contributed by atoms with Crippen molar-refractivity contribution in [1.82, 2.24) is 9.62 Å². The monoisotopic (exact) mass is 165 g/mol. The van der Waals surface area contributed by atoms with Gasteiger partial charge >= 0.3 is 0 Å². The topological polar surface area (TPSA) is 75.4 Å². The van der Waals surface area contributed by atoms with Gasteiger partial charge in [0.25, 0.3) is 10.2 Å². The Morgan fingerprint density at radius 2 is 2.30 bits per heavy atom. The first-order valence-corrected chi connectivity index (χ1v) is 4.53. The first-order chi connectivity index (χ1) is 4.55. The Kier molecular flexibility index (Phi) is 1.95. The van der Waals surface area contributed by atoms with Gasteiger partial charge in [-0.25, -0.2) is 5.14 Å². The van der Waals surface area contributed by atoms with Gasteiger partial charge in [0, 0.05) is 6.54 Å². The fraction of sp³-hybridized carbons (Fsp3) is 1.00. The largest absolute Gasteiger partial charge is 0.304 e. The smallest absolute Gasteiger partial charge is 0.278 e. The SMILES string of the molecule is CNC1CCN1S(N)(=O)=O. The molecule has 60 valence electrons. The van der Waals surface area contributed by atoms with E-state index in [1.54, 1.807) is 7.05 Å². The lowest BCUT2D eigenvalue weighted by molar-refractivity contribution is 0.172. The fourth-order valence-corrected chi connectivity index (χ4v) is 1.88. The Bertz CT molecular complexity index is 211. The van der Waals surface area contributed by atoms with Crippen LogP contribution in [0.3, 0.4) is 0 Å². The summed E-state index contributed by atoms with van der Waals surface area (Å²) in [5, 5.41) is 7.69. The molecule has 0 amide bonds. The molecule has 0 aromatic carbocycles. The molecule has 0 aromatic heterocycles. The first-order valence-electron chi connectivity index (χ1n) is 3.02. The molecule has 0 spiro atoms. The summed E-state index contributed by atoms with van der Waals surface area (Å²) in [6, 6.07) is 0. The average Bonchev–Trinajstić information content (AvgIpc) is 1.57. The summed E-state index contributed by atoms with van der Waals surface area (Å²) in [4.78, 5) is 0. The molecule has 10 heavy (non-hydrogen) atoms. The highest BCUT2D eigenvalue weighted by atomic mass is 32.2. The lowest BCUT2D eigenvalue weighted by Crippen LogP contribution is -2.58. The van der Waals surface area contributed by atoms with Crippen molar-refractivity contribution in [2.45, 2.75) is 12.6 Å². The van der Waals surface area contributed by atoms with Crippen LogP contribution in [0.4, 0.5) is 0 Å². The van der Waals surface area contributed by atoms with Crippen LogP contribution < -0.4 is 10.5 Å².